The summed E-state index contributed by atoms with van der Waals surface area (Å²) in [4.78, 5) is 14.0. The third-order valence-corrected chi connectivity index (χ3v) is 6.32. The Balaban J connectivity index is 1.35. The number of hydrogen-bond donors (Lipinski definition) is 0. The van der Waals surface area contributed by atoms with E-state index in [4.69, 9.17) is 14.2 Å². The van der Waals surface area contributed by atoms with Crippen molar-refractivity contribution in [1.29, 1.82) is 0 Å². The van der Waals surface area contributed by atoms with Gasteiger partial charge in [-0.15, -0.1) is 0 Å². The van der Waals surface area contributed by atoms with Gasteiger partial charge in [-0.3, -0.25) is 9.69 Å². The summed E-state index contributed by atoms with van der Waals surface area (Å²) in [5, 5.41) is 0. The highest BCUT2D eigenvalue weighted by atomic mass is 16.5. The van der Waals surface area contributed by atoms with Gasteiger partial charge in [-0.05, 0) is 52.0 Å². The summed E-state index contributed by atoms with van der Waals surface area (Å²) in [5.41, 5.74) is 0. The fourth-order valence-electron chi connectivity index (χ4n) is 4.67. The van der Waals surface area contributed by atoms with Crippen molar-refractivity contribution in [2.75, 3.05) is 27.3 Å². The van der Waals surface area contributed by atoms with E-state index in [1.54, 1.807) is 0 Å². The second-order valence-corrected chi connectivity index (χ2v) is 8.18. The summed E-state index contributed by atoms with van der Waals surface area (Å²) in [6, 6.07) is 0.465. The average molecular weight is 354 g/mol. The average Bonchev–Trinajstić information content (AvgIpc) is 2.99. The molecule has 1 saturated heterocycles. The third-order valence-electron chi connectivity index (χ3n) is 6.32. The lowest BCUT2D eigenvalue weighted by Gasteiger charge is -2.29. The third kappa shape index (κ3) is 5.41. The molecule has 1 heterocycles. The molecule has 0 spiro atoms. The summed E-state index contributed by atoms with van der Waals surface area (Å²) < 4.78 is 17.4. The summed E-state index contributed by atoms with van der Waals surface area (Å²) in [7, 11) is 3.67. The maximum absolute atomic E-state index is 11.6. The summed E-state index contributed by atoms with van der Waals surface area (Å²) in [6.45, 7) is 1.81. The fourth-order valence-corrected chi connectivity index (χ4v) is 4.67. The lowest BCUT2D eigenvalue weighted by molar-refractivity contribution is -0.147. The molecule has 2 atom stereocenters. The molecule has 3 fully saturated rings. The Hall–Kier alpha value is -0.650. The minimum absolute atomic E-state index is 0.0586. The highest BCUT2D eigenvalue weighted by molar-refractivity contribution is 5.72. The van der Waals surface area contributed by atoms with Gasteiger partial charge < -0.3 is 14.2 Å². The molecule has 3 aliphatic rings. The smallest absolute Gasteiger partial charge is 0.308 e. The van der Waals surface area contributed by atoms with E-state index < -0.39 is 0 Å². The molecular formula is C20H35NO4. The van der Waals surface area contributed by atoms with Crippen LogP contribution in [0.15, 0.2) is 0 Å². The summed E-state index contributed by atoms with van der Waals surface area (Å²) >= 11 is 0. The first kappa shape index (κ1) is 19.1. The van der Waals surface area contributed by atoms with E-state index in [1.807, 2.05) is 0 Å². The molecule has 0 aromatic carbocycles. The molecule has 0 bridgehead atoms. The highest BCUT2D eigenvalue weighted by Gasteiger charge is 2.33. The zero-order chi connectivity index (χ0) is 17.6. The number of likely N-dealkylation sites (N-methyl/N-ethyl adjacent to an activating group) is 1. The van der Waals surface area contributed by atoms with Gasteiger partial charge in [-0.2, -0.15) is 0 Å². The van der Waals surface area contributed by atoms with E-state index in [0.29, 0.717) is 24.4 Å². The predicted molar refractivity (Wildman–Crippen MR) is 96.5 cm³/mol. The van der Waals surface area contributed by atoms with Crippen LogP contribution in [0.5, 0.6) is 0 Å². The Labute approximate surface area is 152 Å². The standard InChI is InChI=1S/C20H35NO4/c1-21-13-19(25-18-6-4-3-5-7-18)12-16(21)14-24-17-10-8-15(9-11-17)20(22)23-2/h15-19H,3-14H2,1-2H3/t15?,16-,17?,19-/m0/s1. The molecule has 0 radical (unpaired) electrons. The van der Waals surface area contributed by atoms with Crippen LogP contribution < -0.4 is 0 Å². The predicted octanol–water partition coefficient (Wildman–Crippen LogP) is 3.16. The van der Waals surface area contributed by atoms with Crippen LogP contribution in [0, 0.1) is 5.92 Å². The second-order valence-electron chi connectivity index (χ2n) is 8.18. The van der Waals surface area contributed by atoms with Crippen LogP contribution in [-0.2, 0) is 19.0 Å². The maximum atomic E-state index is 11.6. The molecule has 2 aliphatic carbocycles. The molecule has 0 aromatic heterocycles. The first-order valence-corrected chi connectivity index (χ1v) is 10.2. The summed E-state index contributed by atoms with van der Waals surface area (Å²) in [5.74, 6) is 0.0176. The monoisotopic (exact) mass is 353 g/mol. The first-order chi connectivity index (χ1) is 12.2. The molecule has 2 saturated carbocycles. The zero-order valence-electron chi connectivity index (χ0n) is 16.0. The van der Waals surface area contributed by atoms with Gasteiger partial charge in [0.05, 0.1) is 37.9 Å². The Morgan fingerprint density at radius 2 is 1.68 bits per heavy atom. The van der Waals surface area contributed by atoms with Crippen LogP contribution in [-0.4, -0.2) is 62.5 Å². The van der Waals surface area contributed by atoms with Crippen LogP contribution in [0.3, 0.4) is 0 Å². The number of hydrogen-bond acceptors (Lipinski definition) is 5. The SMILES string of the molecule is COC(=O)C1CCC(OC[C@@H]2C[C@H](OC3CCCCC3)CN2C)CC1. The normalized spacial score (nSPS) is 35.0. The number of rotatable bonds is 6. The Kier molecular flexibility index (Phi) is 7.14. The molecule has 0 amide bonds. The molecule has 5 nitrogen and oxygen atoms in total. The maximum Gasteiger partial charge on any atom is 0.308 e. The number of carbonyl (C=O) groups excluding carboxylic acids is 1. The lowest BCUT2D eigenvalue weighted by Crippen LogP contribution is -2.33. The van der Waals surface area contributed by atoms with E-state index in [9.17, 15) is 4.79 Å². The second kappa shape index (κ2) is 9.33. The van der Waals surface area contributed by atoms with E-state index in [1.165, 1.54) is 39.2 Å². The van der Waals surface area contributed by atoms with Crippen LogP contribution in [0.2, 0.25) is 0 Å². The minimum atomic E-state index is -0.0586. The van der Waals surface area contributed by atoms with Gasteiger partial charge in [-0.1, -0.05) is 19.3 Å². The molecule has 25 heavy (non-hydrogen) atoms. The van der Waals surface area contributed by atoms with E-state index in [-0.39, 0.29) is 11.9 Å². The number of likely N-dealkylation sites (tertiary alicyclic amines) is 1. The number of nitrogens with zero attached hydrogens (tertiary/aromatic N) is 1. The highest BCUT2D eigenvalue weighted by Crippen LogP contribution is 2.29. The lowest BCUT2D eigenvalue weighted by atomic mass is 9.87. The van der Waals surface area contributed by atoms with Gasteiger partial charge in [0, 0.05) is 12.6 Å². The van der Waals surface area contributed by atoms with E-state index in [0.717, 1.165) is 45.3 Å². The first-order valence-electron chi connectivity index (χ1n) is 10.2. The van der Waals surface area contributed by atoms with Gasteiger partial charge in [-0.25, -0.2) is 0 Å². The van der Waals surface area contributed by atoms with Crippen molar-refractivity contribution in [2.24, 2.45) is 5.92 Å². The number of methoxy groups -OCH3 is 1. The molecule has 0 N–H and O–H groups in total. The Morgan fingerprint density at radius 1 is 0.960 bits per heavy atom. The van der Waals surface area contributed by atoms with Gasteiger partial charge in [0.2, 0.25) is 0 Å². The van der Waals surface area contributed by atoms with Gasteiger partial charge in [0.15, 0.2) is 0 Å². The summed E-state index contributed by atoms with van der Waals surface area (Å²) in [6.07, 6.45) is 12.5. The molecule has 1 aliphatic heterocycles. The van der Waals surface area contributed by atoms with Crippen molar-refractivity contribution in [1.82, 2.24) is 4.90 Å². The topological polar surface area (TPSA) is 48.0 Å². The quantitative estimate of drug-likeness (QED) is 0.687. The molecule has 144 valence electrons. The van der Waals surface area contributed by atoms with E-state index in [2.05, 4.69) is 11.9 Å². The number of esters is 1. The molecule has 5 heteroatoms. The van der Waals surface area contributed by atoms with E-state index >= 15 is 0 Å². The van der Waals surface area contributed by atoms with Crippen molar-refractivity contribution in [3.8, 4) is 0 Å². The van der Waals surface area contributed by atoms with Gasteiger partial charge in [0.1, 0.15) is 0 Å². The van der Waals surface area contributed by atoms with Crippen LogP contribution >= 0.6 is 0 Å². The van der Waals surface area contributed by atoms with Gasteiger partial charge in [0.25, 0.3) is 0 Å². The van der Waals surface area contributed by atoms with Crippen LogP contribution in [0.1, 0.15) is 64.2 Å². The van der Waals surface area contributed by atoms with Crippen molar-refractivity contribution >= 4 is 5.97 Å². The van der Waals surface area contributed by atoms with Crippen LogP contribution in [0.25, 0.3) is 0 Å². The number of carbonyl (C=O) groups is 1. The van der Waals surface area contributed by atoms with Gasteiger partial charge >= 0.3 is 5.97 Å². The van der Waals surface area contributed by atoms with Crippen LogP contribution in [0.4, 0.5) is 0 Å². The fraction of sp³-hybridized carbons (Fsp3) is 0.950. The zero-order valence-corrected chi connectivity index (χ0v) is 16.0. The molecule has 0 unspecified atom stereocenters. The Bertz CT molecular complexity index is 416. The number of ether oxygens (including phenoxy) is 3. The Morgan fingerprint density at radius 3 is 2.36 bits per heavy atom. The van der Waals surface area contributed by atoms with Crippen molar-refractivity contribution in [2.45, 2.75) is 88.6 Å². The molecule has 3 rings (SSSR count). The van der Waals surface area contributed by atoms with Crippen molar-refractivity contribution < 1.29 is 19.0 Å². The largest absolute Gasteiger partial charge is 0.469 e. The van der Waals surface area contributed by atoms with Crippen molar-refractivity contribution in [3.63, 3.8) is 0 Å². The van der Waals surface area contributed by atoms with Crippen molar-refractivity contribution in [3.05, 3.63) is 0 Å². The molecular weight excluding hydrogens is 318 g/mol. The molecule has 0 aromatic rings. The minimum Gasteiger partial charge on any atom is -0.469 e.